The van der Waals surface area contributed by atoms with Crippen LogP contribution in [0.3, 0.4) is 0 Å². The fourth-order valence-electron chi connectivity index (χ4n) is 9.83. The maximum atomic E-state index is 14.4. The maximum absolute atomic E-state index is 14.4. The summed E-state index contributed by atoms with van der Waals surface area (Å²) in [5, 5.41) is 22.1. The number of carbonyl (C=O) groups is 2. The van der Waals surface area contributed by atoms with Crippen LogP contribution in [-0.2, 0) is 28.5 Å². The number of rotatable bonds is 4. The molecule has 0 aromatic rings. The quantitative estimate of drug-likeness (QED) is 0.419. The third-order valence-electron chi connectivity index (χ3n) is 11.9. The lowest BCUT2D eigenvalue weighted by Gasteiger charge is -2.67. The molecular formula is C30H44O8. The number of fused-ring (bicyclic) bond motifs is 3. The highest BCUT2D eigenvalue weighted by Gasteiger charge is 2.70. The lowest BCUT2D eigenvalue weighted by Crippen LogP contribution is -2.69. The Balaban J connectivity index is 1.19. The van der Waals surface area contributed by atoms with Crippen molar-refractivity contribution in [1.82, 2.24) is 0 Å². The van der Waals surface area contributed by atoms with Gasteiger partial charge < -0.3 is 29.2 Å². The minimum absolute atomic E-state index is 0.0159. The van der Waals surface area contributed by atoms with Crippen molar-refractivity contribution in [3.8, 4) is 0 Å². The smallest absolute Gasteiger partial charge is 0.331 e. The molecule has 2 N–H and O–H groups in total. The average molecular weight is 533 g/mol. The minimum Gasteiger partial charge on any atom is -0.458 e. The van der Waals surface area contributed by atoms with Crippen LogP contribution in [0.25, 0.3) is 0 Å². The van der Waals surface area contributed by atoms with Crippen LogP contribution in [0.2, 0.25) is 0 Å². The molecule has 6 rings (SSSR count). The van der Waals surface area contributed by atoms with E-state index in [0.717, 1.165) is 44.1 Å². The Labute approximate surface area is 225 Å². The van der Waals surface area contributed by atoms with Crippen molar-refractivity contribution in [3.05, 3.63) is 11.6 Å². The predicted octanol–water partition coefficient (Wildman–Crippen LogP) is 3.32. The molecule has 1 spiro atoms. The predicted molar refractivity (Wildman–Crippen MR) is 137 cm³/mol. The van der Waals surface area contributed by atoms with Crippen molar-refractivity contribution in [1.29, 1.82) is 0 Å². The number of esters is 1. The Morgan fingerprint density at radius 2 is 1.82 bits per heavy atom. The fraction of sp³-hybridized carbons (Fsp3) is 0.867. The zero-order chi connectivity index (χ0) is 27.0. The molecule has 0 unspecified atom stereocenters. The number of ether oxygens (including phenoxy) is 4. The molecule has 2 heterocycles. The van der Waals surface area contributed by atoms with Gasteiger partial charge in [-0.3, -0.25) is 4.79 Å². The summed E-state index contributed by atoms with van der Waals surface area (Å²) in [7, 11) is 1.61. The average Bonchev–Trinajstić information content (AvgIpc) is 3.30. The van der Waals surface area contributed by atoms with Gasteiger partial charge in [-0.1, -0.05) is 13.8 Å². The van der Waals surface area contributed by atoms with E-state index in [0.29, 0.717) is 25.9 Å². The van der Waals surface area contributed by atoms with Crippen LogP contribution in [-0.4, -0.2) is 72.5 Å². The normalized spacial score (nSPS) is 52.6. The molecule has 212 valence electrons. The molecule has 8 nitrogen and oxygen atoms in total. The second-order valence-corrected chi connectivity index (χ2v) is 13.6. The standard InChI is InChI=1S/C30H44O8/c1-16-26(33)21(35-4)14-25(37-16)38-19-5-8-28(2)18(12-19)13-23(31)30-10-6-20(17-11-24(32)36-15-17)29(3,27(30)34)9-7-22(28)30/h11,16,18-23,25-26,31,33H,5-10,12-15H2,1-4H3/t16-,18+,19+,20-,21-,22-,23+,25+,26+,28+,29-,30-/m1/s1. The van der Waals surface area contributed by atoms with Crippen LogP contribution in [0.4, 0.5) is 0 Å². The van der Waals surface area contributed by atoms with Crippen LogP contribution in [0.1, 0.15) is 78.6 Å². The van der Waals surface area contributed by atoms with Gasteiger partial charge >= 0.3 is 5.97 Å². The van der Waals surface area contributed by atoms with Crippen LogP contribution in [0.15, 0.2) is 11.6 Å². The minimum atomic E-state index is -0.698. The van der Waals surface area contributed by atoms with Gasteiger partial charge in [0.15, 0.2) is 6.29 Å². The Hall–Kier alpha value is -1.32. The van der Waals surface area contributed by atoms with Crippen molar-refractivity contribution < 1.29 is 38.7 Å². The van der Waals surface area contributed by atoms with Gasteiger partial charge in [-0.25, -0.2) is 4.79 Å². The molecule has 38 heavy (non-hydrogen) atoms. The number of carbonyl (C=O) groups excluding carboxylic acids is 2. The molecule has 0 aromatic carbocycles. The number of aliphatic hydroxyl groups excluding tert-OH is 2. The number of ketones is 1. The topological polar surface area (TPSA) is 112 Å². The molecule has 1 saturated heterocycles. The van der Waals surface area contributed by atoms with Crippen molar-refractivity contribution in [2.24, 2.45) is 34.0 Å². The van der Waals surface area contributed by atoms with E-state index in [4.69, 9.17) is 18.9 Å². The molecule has 0 amide bonds. The summed E-state index contributed by atoms with van der Waals surface area (Å²) in [5.74, 6) is 0.356. The first-order valence-corrected chi connectivity index (χ1v) is 14.6. The molecule has 4 saturated carbocycles. The zero-order valence-electron chi connectivity index (χ0n) is 23.2. The number of hydrogen-bond acceptors (Lipinski definition) is 8. The first-order chi connectivity index (χ1) is 18.0. The highest BCUT2D eigenvalue weighted by Crippen LogP contribution is 2.70. The largest absolute Gasteiger partial charge is 0.458 e. The van der Waals surface area contributed by atoms with Gasteiger partial charge in [-0.2, -0.15) is 0 Å². The van der Waals surface area contributed by atoms with Gasteiger partial charge in [-0.05, 0) is 87.0 Å². The Morgan fingerprint density at radius 1 is 1.03 bits per heavy atom. The fourth-order valence-corrected chi connectivity index (χ4v) is 9.83. The highest BCUT2D eigenvalue weighted by atomic mass is 16.7. The summed E-state index contributed by atoms with van der Waals surface area (Å²) in [5.41, 5.74) is -0.332. The number of Topliss-reactive ketones (excluding diaryl/α,β-unsaturated/α-hetero) is 1. The van der Waals surface area contributed by atoms with Gasteiger partial charge in [-0.15, -0.1) is 0 Å². The summed E-state index contributed by atoms with van der Waals surface area (Å²) in [4.78, 5) is 26.2. The van der Waals surface area contributed by atoms with E-state index in [1.807, 2.05) is 6.92 Å². The van der Waals surface area contributed by atoms with E-state index in [9.17, 15) is 19.8 Å². The van der Waals surface area contributed by atoms with Gasteiger partial charge in [0.05, 0.1) is 29.8 Å². The first-order valence-electron chi connectivity index (χ1n) is 14.6. The molecule has 2 bridgehead atoms. The van der Waals surface area contributed by atoms with E-state index >= 15 is 0 Å². The van der Waals surface area contributed by atoms with Crippen LogP contribution < -0.4 is 0 Å². The first kappa shape index (κ1) is 26.9. The van der Waals surface area contributed by atoms with E-state index in [2.05, 4.69) is 13.8 Å². The molecule has 5 fully saturated rings. The van der Waals surface area contributed by atoms with Crippen molar-refractivity contribution in [2.75, 3.05) is 13.7 Å². The second-order valence-electron chi connectivity index (χ2n) is 13.6. The summed E-state index contributed by atoms with van der Waals surface area (Å²) in [6.45, 7) is 6.57. The number of cyclic esters (lactones) is 1. The lowest BCUT2D eigenvalue weighted by atomic mass is 9.36. The van der Waals surface area contributed by atoms with Gasteiger partial charge in [0.1, 0.15) is 18.5 Å². The molecule has 2 aliphatic heterocycles. The van der Waals surface area contributed by atoms with Crippen LogP contribution in [0.5, 0.6) is 0 Å². The Bertz CT molecular complexity index is 1010. The van der Waals surface area contributed by atoms with Gasteiger partial charge in [0.2, 0.25) is 0 Å². The summed E-state index contributed by atoms with van der Waals surface area (Å²) in [6, 6.07) is 0. The van der Waals surface area contributed by atoms with Gasteiger partial charge in [0, 0.05) is 25.0 Å². The third-order valence-corrected chi connectivity index (χ3v) is 11.9. The van der Waals surface area contributed by atoms with E-state index in [1.54, 1.807) is 13.2 Å². The van der Waals surface area contributed by atoms with Crippen molar-refractivity contribution in [3.63, 3.8) is 0 Å². The molecule has 0 radical (unpaired) electrons. The summed E-state index contributed by atoms with van der Waals surface area (Å²) < 4.78 is 23.1. The molecule has 4 aliphatic carbocycles. The van der Waals surface area contributed by atoms with E-state index in [1.165, 1.54) is 0 Å². The molecule has 0 aromatic heterocycles. The summed E-state index contributed by atoms with van der Waals surface area (Å²) in [6.07, 6.45) is 6.22. The third kappa shape index (κ3) is 3.80. The summed E-state index contributed by atoms with van der Waals surface area (Å²) >= 11 is 0. The van der Waals surface area contributed by atoms with E-state index in [-0.39, 0.29) is 53.2 Å². The van der Waals surface area contributed by atoms with E-state index < -0.39 is 29.3 Å². The number of methoxy groups -OCH3 is 1. The molecule has 12 atom stereocenters. The second kappa shape index (κ2) is 9.37. The number of hydrogen-bond donors (Lipinski definition) is 2. The lowest BCUT2D eigenvalue weighted by molar-refractivity contribution is -0.274. The maximum Gasteiger partial charge on any atom is 0.331 e. The molecule has 6 aliphatic rings. The zero-order valence-corrected chi connectivity index (χ0v) is 23.2. The van der Waals surface area contributed by atoms with Crippen LogP contribution >= 0.6 is 0 Å². The number of aliphatic hydroxyl groups is 2. The van der Waals surface area contributed by atoms with Crippen molar-refractivity contribution >= 4 is 11.8 Å². The molecule has 8 heteroatoms. The highest BCUT2D eigenvalue weighted by molar-refractivity contribution is 5.94. The van der Waals surface area contributed by atoms with Crippen LogP contribution in [0, 0.1) is 34.0 Å². The monoisotopic (exact) mass is 532 g/mol. The Kier molecular flexibility index (Phi) is 6.63. The van der Waals surface area contributed by atoms with Crippen molar-refractivity contribution in [2.45, 2.75) is 115 Å². The van der Waals surface area contributed by atoms with Gasteiger partial charge in [0.25, 0.3) is 0 Å². The molecular weight excluding hydrogens is 488 g/mol. The SMILES string of the molecule is CO[C@@H]1C[C@H](O[C@H]2CC[C@@]3(C)[C@@H](C2)C[C@H](O)[C@@]24CC[C@H](C5=CC(=O)OC5)[C@@](C)(CC[C@H]32)C4=O)O[C@H](C)[C@@H]1O. The Morgan fingerprint density at radius 3 is 2.53 bits per heavy atom.